The molecule has 1 heterocycles. The number of hydrogen-bond acceptors (Lipinski definition) is 2. The normalized spacial score (nSPS) is 26.7. The second-order valence-electron chi connectivity index (χ2n) is 3.07. The van der Waals surface area contributed by atoms with Crippen molar-refractivity contribution in [1.29, 1.82) is 0 Å². The molecule has 1 aromatic heterocycles. The van der Waals surface area contributed by atoms with E-state index in [1.807, 2.05) is 12.1 Å². The van der Waals surface area contributed by atoms with Gasteiger partial charge in [0.2, 0.25) is 0 Å². The molecule has 0 saturated heterocycles. The largest absolute Gasteiger partial charge is 0.481 e. The smallest absolute Gasteiger partial charge is 0.307 e. The number of pyridine rings is 1. The van der Waals surface area contributed by atoms with Gasteiger partial charge < -0.3 is 5.11 Å². The van der Waals surface area contributed by atoms with E-state index in [-0.39, 0.29) is 11.8 Å². The van der Waals surface area contributed by atoms with E-state index in [2.05, 4.69) is 4.98 Å². The number of hydrogen-bond donors (Lipinski definition) is 1. The van der Waals surface area contributed by atoms with Crippen LogP contribution in [-0.4, -0.2) is 16.1 Å². The molecule has 1 fully saturated rings. The molecule has 1 aromatic rings. The third-order valence-electron chi connectivity index (χ3n) is 2.24. The zero-order valence-electron chi connectivity index (χ0n) is 6.47. The van der Waals surface area contributed by atoms with Crippen LogP contribution in [0.5, 0.6) is 0 Å². The summed E-state index contributed by atoms with van der Waals surface area (Å²) in [7, 11) is 0. The Morgan fingerprint density at radius 1 is 1.50 bits per heavy atom. The van der Waals surface area contributed by atoms with E-state index in [0.29, 0.717) is 0 Å². The van der Waals surface area contributed by atoms with Crippen molar-refractivity contribution in [3.8, 4) is 0 Å². The summed E-state index contributed by atoms with van der Waals surface area (Å²) in [6.07, 6.45) is 4.18. The van der Waals surface area contributed by atoms with Crippen LogP contribution in [0.25, 0.3) is 0 Å². The lowest BCUT2D eigenvalue weighted by atomic mass is 10.1. The summed E-state index contributed by atoms with van der Waals surface area (Å²) in [6.45, 7) is 0. The van der Waals surface area contributed by atoms with Gasteiger partial charge in [0.05, 0.1) is 5.92 Å². The van der Waals surface area contributed by atoms with Gasteiger partial charge in [-0.1, -0.05) is 0 Å². The Hall–Kier alpha value is -1.38. The van der Waals surface area contributed by atoms with Crippen LogP contribution in [0.15, 0.2) is 24.5 Å². The van der Waals surface area contributed by atoms with Crippen molar-refractivity contribution >= 4 is 5.97 Å². The van der Waals surface area contributed by atoms with Crippen LogP contribution in [0.1, 0.15) is 17.9 Å². The van der Waals surface area contributed by atoms with Crippen LogP contribution < -0.4 is 0 Å². The van der Waals surface area contributed by atoms with Crippen molar-refractivity contribution in [2.24, 2.45) is 5.92 Å². The van der Waals surface area contributed by atoms with Crippen LogP contribution in [0, 0.1) is 5.92 Å². The summed E-state index contributed by atoms with van der Waals surface area (Å²) in [4.78, 5) is 14.4. The summed E-state index contributed by atoms with van der Waals surface area (Å²) >= 11 is 0. The summed E-state index contributed by atoms with van der Waals surface area (Å²) in [6, 6.07) is 3.77. The highest BCUT2D eigenvalue weighted by Gasteiger charge is 2.43. The fourth-order valence-electron chi connectivity index (χ4n) is 1.45. The van der Waals surface area contributed by atoms with Gasteiger partial charge in [0.15, 0.2) is 0 Å². The Labute approximate surface area is 70.1 Å². The molecular weight excluding hydrogens is 154 g/mol. The van der Waals surface area contributed by atoms with Gasteiger partial charge in [-0.15, -0.1) is 0 Å². The minimum Gasteiger partial charge on any atom is -0.481 e. The molecule has 2 rings (SSSR count). The zero-order chi connectivity index (χ0) is 8.55. The number of carboxylic acids is 1. The number of aliphatic carboxylic acids is 1. The molecule has 1 unspecified atom stereocenters. The number of nitrogens with zero attached hydrogens (tertiary/aromatic N) is 1. The van der Waals surface area contributed by atoms with E-state index in [0.717, 1.165) is 12.0 Å². The SMILES string of the molecule is O=C(O)C1C[C@H]1c1ccncc1. The van der Waals surface area contributed by atoms with Gasteiger partial charge in [-0.2, -0.15) is 0 Å². The van der Waals surface area contributed by atoms with E-state index in [1.165, 1.54) is 0 Å². The molecule has 0 amide bonds. The predicted molar refractivity (Wildman–Crippen MR) is 42.7 cm³/mol. The summed E-state index contributed by atoms with van der Waals surface area (Å²) < 4.78 is 0. The summed E-state index contributed by atoms with van der Waals surface area (Å²) in [5.74, 6) is -0.616. The topological polar surface area (TPSA) is 50.2 Å². The fraction of sp³-hybridized carbons (Fsp3) is 0.333. The Morgan fingerprint density at radius 3 is 2.67 bits per heavy atom. The molecule has 12 heavy (non-hydrogen) atoms. The molecule has 0 spiro atoms. The minimum absolute atomic E-state index is 0.160. The van der Waals surface area contributed by atoms with Gasteiger partial charge in [-0.25, -0.2) is 0 Å². The van der Waals surface area contributed by atoms with Crippen LogP contribution in [0.2, 0.25) is 0 Å². The van der Waals surface area contributed by atoms with Crippen molar-refractivity contribution in [2.45, 2.75) is 12.3 Å². The molecule has 2 atom stereocenters. The number of rotatable bonds is 2. The second kappa shape index (κ2) is 2.59. The maximum Gasteiger partial charge on any atom is 0.307 e. The molecule has 0 bridgehead atoms. The number of carboxylic acid groups (broad SMARTS) is 1. The van der Waals surface area contributed by atoms with Gasteiger partial charge in [0, 0.05) is 12.4 Å². The van der Waals surface area contributed by atoms with Gasteiger partial charge >= 0.3 is 5.97 Å². The second-order valence-corrected chi connectivity index (χ2v) is 3.07. The first-order valence-corrected chi connectivity index (χ1v) is 3.92. The Balaban J connectivity index is 2.11. The molecule has 62 valence electrons. The number of aromatic nitrogens is 1. The average molecular weight is 163 g/mol. The third-order valence-corrected chi connectivity index (χ3v) is 2.24. The van der Waals surface area contributed by atoms with Crippen molar-refractivity contribution in [3.63, 3.8) is 0 Å². The van der Waals surface area contributed by atoms with Crippen LogP contribution in [0.4, 0.5) is 0 Å². The van der Waals surface area contributed by atoms with Gasteiger partial charge in [0.25, 0.3) is 0 Å². The lowest BCUT2D eigenvalue weighted by molar-refractivity contribution is -0.138. The fourth-order valence-corrected chi connectivity index (χ4v) is 1.45. The van der Waals surface area contributed by atoms with Gasteiger partial charge in [0.1, 0.15) is 0 Å². The highest BCUT2D eigenvalue weighted by Crippen LogP contribution is 2.47. The third kappa shape index (κ3) is 1.18. The molecule has 0 radical (unpaired) electrons. The Bertz CT molecular complexity index is 297. The maximum atomic E-state index is 10.5. The highest BCUT2D eigenvalue weighted by atomic mass is 16.4. The quantitative estimate of drug-likeness (QED) is 0.714. The monoisotopic (exact) mass is 163 g/mol. The lowest BCUT2D eigenvalue weighted by Gasteiger charge is -1.95. The predicted octanol–water partition coefficient (Wildman–Crippen LogP) is 1.27. The van der Waals surface area contributed by atoms with E-state index in [1.54, 1.807) is 12.4 Å². The first-order valence-electron chi connectivity index (χ1n) is 3.92. The first-order chi connectivity index (χ1) is 5.79. The Morgan fingerprint density at radius 2 is 2.17 bits per heavy atom. The zero-order valence-corrected chi connectivity index (χ0v) is 6.47. The van der Waals surface area contributed by atoms with Crippen molar-refractivity contribution in [3.05, 3.63) is 30.1 Å². The van der Waals surface area contributed by atoms with Crippen LogP contribution >= 0.6 is 0 Å². The molecule has 1 aliphatic rings. The Kier molecular flexibility index (Phi) is 1.57. The van der Waals surface area contributed by atoms with Crippen molar-refractivity contribution in [1.82, 2.24) is 4.98 Å². The molecule has 1 saturated carbocycles. The lowest BCUT2D eigenvalue weighted by Crippen LogP contribution is -1.98. The molecular formula is C9H9NO2. The molecule has 1 N–H and O–H groups in total. The number of carbonyl (C=O) groups is 1. The molecule has 0 aromatic carbocycles. The average Bonchev–Trinajstić information content (AvgIpc) is 2.84. The summed E-state index contributed by atoms with van der Waals surface area (Å²) in [5, 5.41) is 8.67. The van der Waals surface area contributed by atoms with Gasteiger partial charge in [-0.3, -0.25) is 9.78 Å². The first kappa shape index (κ1) is 7.28. The van der Waals surface area contributed by atoms with Gasteiger partial charge in [-0.05, 0) is 30.0 Å². The van der Waals surface area contributed by atoms with Crippen LogP contribution in [0.3, 0.4) is 0 Å². The van der Waals surface area contributed by atoms with E-state index in [4.69, 9.17) is 5.11 Å². The maximum absolute atomic E-state index is 10.5. The molecule has 3 heteroatoms. The van der Waals surface area contributed by atoms with Crippen molar-refractivity contribution < 1.29 is 9.90 Å². The minimum atomic E-state index is -0.684. The molecule has 1 aliphatic carbocycles. The van der Waals surface area contributed by atoms with E-state index in [9.17, 15) is 4.79 Å². The highest BCUT2D eigenvalue weighted by molar-refractivity contribution is 5.75. The van der Waals surface area contributed by atoms with E-state index >= 15 is 0 Å². The van der Waals surface area contributed by atoms with E-state index < -0.39 is 5.97 Å². The molecule has 3 nitrogen and oxygen atoms in total. The standard InChI is InChI=1S/C9H9NO2/c11-9(12)8-5-7(8)6-1-3-10-4-2-6/h1-4,7-8H,5H2,(H,11,12)/t7-,8?/m0/s1. The molecule has 0 aliphatic heterocycles. The summed E-state index contributed by atoms with van der Waals surface area (Å²) in [5.41, 5.74) is 1.09. The van der Waals surface area contributed by atoms with Crippen LogP contribution in [-0.2, 0) is 4.79 Å². The van der Waals surface area contributed by atoms with Crippen molar-refractivity contribution in [2.75, 3.05) is 0 Å².